The molecule has 2 rings (SSSR count). The van der Waals surface area contributed by atoms with E-state index in [4.69, 9.17) is 0 Å². The maximum Gasteiger partial charge on any atom is 0.131 e. The second-order valence-corrected chi connectivity index (χ2v) is 5.96. The number of hydrogen-bond acceptors (Lipinski definition) is 2. The van der Waals surface area contributed by atoms with Crippen LogP contribution >= 0.6 is 0 Å². The number of carbonyl (C=O) groups is 1. The van der Waals surface area contributed by atoms with Gasteiger partial charge in [0.1, 0.15) is 5.78 Å². The van der Waals surface area contributed by atoms with Gasteiger partial charge in [0.05, 0.1) is 0 Å². The number of Topliss-reactive ketones (excluding diaryl/α,β-unsaturated/α-hetero) is 1. The highest BCUT2D eigenvalue weighted by atomic mass is 16.1. The van der Waals surface area contributed by atoms with Gasteiger partial charge in [-0.15, -0.1) is 0 Å². The summed E-state index contributed by atoms with van der Waals surface area (Å²) >= 11 is 0. The highest BCUT2D eigenvalue weighted by Gasteiger charge is 2.23. The molecule has 2 heteroatoms. The Labute approximate surface area is 116 Å². The Balaban J connectivity index is 2.10. The first kappa shape index (κ1) is 14.3. The van der Waals surface area contributed by atoms with Crippen molar-refractivity contribution in [3.05, 3.63) is 34.9 Å². The van der Waals surface area contributed by atoms with Crippen LogP contribution in [-0.2, 0) is 11.3 Å². The van der Waals surface area contributed by atoms with Gasteiger partial charge < -0.3 is 0 Å². The zero-order valence-corrected chi connectivity index (χ0v) is 12.4. The lowest BCUT2D eigenvalue weighted by atomic mass is 9.96. The van der Waals surface area contributed by atoms with E-state index in [0.29, 0.717) is 18.2 Å². The lowest BCUT2D eigenvalue weighted by Crippen LogP contribution is -2.40. The Morgan fingerprint density at radius 2 is 2.11 bits per heavy atom. The predicted octanol–water partition coefficient (Wildman–Crippen LogP) is 3.64. The molecule has 0 saturated carbocycles. The summed E-state index contributed by atoms with van der Waals surface area (Å²) in [5, 5.41) is 0. The molecule has 1 saturated heterocycles. The molecule has 19 heavy (non-hydrogen) atoms. The topological polar surface area (TPSA) is 20.3 Å². The zero-order valence-electron chi connectivity index (χ0n) is 12.4. The van der Waals surface area contributed by atoms with Crippen LogP contribution in [0.1, 0.15) is 49.3 Å². The zero-order chi connectivity index (χ0) is 13.8. The third-order valence-electron chi connectivity index (χ3n) is 4.15. The highest BCUT2D eigenvalue weighted by molar-refractivity contribution is 5.76. The molecule has 1 unspecified atom stereocenters. The van der Waals surface area contributed by atoms with E-state index < -0.39 is 0 Å². The van der Waals surface area contributed by atoms with Crippen molar-refractivity contribution in [3.8, 4) is 0 Å². The molecule has 1 aromatic carbocycles. The number of benzene rings is 1. The molecule has 1 atom stereocenters. The molecule has 1 heterocycles. The third kappa shape index (κ3) is 3.90. The van der Waals surface area contributed by atoms with Crippen LogP contribution in [0.15, 0.2) is 18.2 Å². The number of aryl methyl sites for hydroxylation is 2. The molecule has 2 nitrogen and oxygen atoms in total. The summed E-state index contributed by atoms with van der Waals surface area (Å²) in [6, 6.07) is 7.11. The molecule has 1 aliphatic rings. The summed E-state index contributed by atoms with van der Waals surface area (Å²) in [5.74, 6) is 0.317. The fourth-order valence-electron chi connectivity index (χ4n) is 3.02. The number of rotatable bonds is 4. The first-order valence-electron chi connectivity index (χ1n) is 7.36. The number of likely N-dealkylation sites (tertiary alicyclic amines) is 1. The average molecular weight is 259 g/mol. The second-order valence-electron chi connectivity index (χ2n) is 5.96. The molecule has 0 spiro atoms. The molecule has 1 aliphatic heterocycles. The number of carbonyl (C=O) groups excluding carboxylic acids is 1. The fourth-order valence-corrected chi connectivity index (χ4v) is 3.02. The minimum absolute atomic E-state index is 0.317. The van der Waals surface area contributed by atoms with Gasteiger partial charge in [0.15, 0.2) is 0 Å². The van der Waals surface area contributed by atoms with Crippen LogP contribution in [0.2, 0.25) is 0 Å². The van der Waals surface area contributed by atoms with Crippen LogP contribution in [0.4, 0.5) is 0 Å². The molecular weight excluding hydrogens is 234 g/mol. The van der Waals surface area contributed by atoms with Gasteiger partial charge in [-0.25, -0.2) is 0 Å². The van der Waals surface area contributed by atoms with Crippen molar-refractivity contribution in [1.82, 2.24) is 4.90 Å². The van der Waals surface area contributed by atoms with Gasteiger partial charge in [0.25, 0.3) is 0 Å². The maximum atomic E-state index is 11.4. The van der Waals surface area contributed by atoms with E-state index in [0.717, 1.165) is 13.1 Å². The van der Waals surface area contributed by atoms with E-state index >= 15 is 0 Å². The fraction of sp³-hybridized carbons (Fsp3) is 0.588. The molecule has 0 amide bonds. The molecule has 0 bridgehead atoms. The summed E-state index contributed by atoms with van der Waals surface area (Å²) in [5.41, 5.74) is 4.09. The molecule has 1 aromatic rings. The van der Waals surface area contributed by atoms with Gasteiger partial charge in [-0.3, -0.25) is 9.69 Å². The minimum atomic E-state index is 0.317. The van der Waals surface area contributed by atoms with Gasteiger partial charge in [-0.1, -0.05) is 30.2 Å². The molecular formula is C17H25NO. The van der Waals surface area contributed by atoms with Crippen LogP contribution < -0.4 is 0 Å². The van der Waals surface area contributed by atoms with E-state index in [9.17, 15) is 4.79 Å². The Morgan fingerprint density at radius 1 is 1.32 bits per heavy atom. The molecule has 0 N–H and O–H groups in total. The minimum Gasteiger partial charge on any atom is -0.300 e. The van der Waals surface area contributed by atoms with Crippen LogP contribution in [0.5, 0.6) is 0 Å². The van der Waals surface area contributed by atoms with Gasteiger partial charge in [0, 0.05) is 19.0 Å². The first-order chi connectivity index (χ1) is 9.06. The summed E-state index contributed by atoms with van der Waals surface area (Å²) in [6.07, 6.45) is 4.41. The molecule has 0 aromatic heterocycles. The number of ketones is 1. The van der Waals surface area contributed by atoms with Crippen LogP contribution in [0.3, 0.4) is 0 Å². The Bertz CT molecular complexity index is 453. The van der Waals surface area contributed by atoms with E-state index in [1.54, 1.807) is 6.92 Å². The Morgan fingerprint density at radius 3 is 2.84 bits per heavy atom. The van der Waals surface area contributed by atoms with Crippen molar-refractivity contribution in [1.29, 1.82) is 0 Å². The van der Waals surface area contributed by atoms with Crippen molar-refractivity contribution in [3.63, 3.8) is 0 Å². The first-order valence-corrected chi connectivity index (χ1v) is 7.36. The third-order valence-corrected chi connectivity index (χ3v) is 4.15. The average Bonchev–Trinajstić information content (AvgIpc) is 2.35. The van der Waals surface area contributed by atoms with Crippen molar-refractivity contribution in [2.45, 2.75) is 59.0 Å². The Kier molecular flexibility index (Phi) is 4.76. The summed E-state index contributed by atoms with van der Waals surface area (Å²) in [7, 11) is 0. The number of hydrogen-bond donors (Lipinski definition) is 0. The quantitative estimate of drug-likeness (QED) is 0.823. The molecule has 0 radical (unpaired) electrons. The van der Waals surface area contributed by atoms with E-state index in [1.165, 1.54) is 36.0 Å². The normalized spacial score (nSPS) is 20.5. The van der Waals surface area contributed by atoms with Gasteiger partial charge >= 0.3 is 0 Å². The lowest BCUT2D eigenvalue weighted by molar-refractivity contribution is -0.118. The van der Waals surface area contributed by atoms with Crippen molar-refractivity contribution in [2.24, 2.45) is 0 Å². The van der Waals surface area contributed by atoms with Crippen molar-refractivity contribution < 1.29 is 4.79 Å². The van der Waals surface area contributed by atoms with Crippen molar-refractivity contribution in [2.75, 3.05) is 6.54 Å². The summed E-state index contributed by atoms with van der Waals surface area (Å²) in [6.45, 7) is 8.16. The van der Waals surface area contributed by atoms with E-state index in [2.05, 4.69) is 36.9 Å². The van der Waals surface area contributed by atoms with Gasteiger partial charge in [-0.2, -0.15) is 0 Å². The molecule has 1 fully saturated rings. The van der Waals surface area contributed by atoms with Crippen LogP contribution in [0, 0.1) is 13.8 Å². The van der Waals surface area contributed by atoms with Crippen LogP contribution in [0.25, 0.3) is 0 Å². The van der Waals surface area contributed by atoms with Gasteiger partial charge in [-0.05, 0) is 51.3 Å². The monoisotopic (exact) mass is 259 g/mol. The van der Waals surface area contributed by atoms with Crippen LogP contribution in [-0.4, -0.2) is 23.3 Å². The highest BCUT2D eigenvalue weighted by Crippen LogP contribution is 2.23. The SMILES string of the molecule is CC(=O)CC1CCCCN1Cc1cc(C)ccc1C. The largest absolute Gasteiger partial charge is 0.300 e. The van der Waals surface area contributed by atoms with Crippen molar-refractivity contribution >= 4 is 5.78 Å². The maximum absolute atomic E-state index is 11.4. The predicted molar refractivity (Wildman–Crippen MR) is 79.3 cm³/mol. The number of nitrogens with zero attached hydrogens (tertiary/aromatic N) is 1. The molecule has 104 valence electrons. The molecule has 0 aliphatic carbocycles. The van der Waals surface area contributed by atoms with E-state index in [-0.39, 0.29) is 0 Å². The summed E-state index contributed by atoms with van der Waals surface area (Å²) in [4.78, 5) is 13.9. The lowest BCUT2D eigenvalue weighted by Gasteiger charge is -2.35. The number of piperidine rings is 1. The Hall–Kier alpha value is -1.15. The smallest absolute Gasteiger partial charge is 0.131 e. The summed E-state index contributed by atoms with van der Waals surface area (Å²) < 4.78 is 0. The van der Waals surface area contributed by atoms with Gasteiger partial charge in [0.2, 0.25) is 0 Å². The van der Waals surface area contributed by atoms with E-state index in [1.807, 2.05) is 0 Å². The second kappa shape index (κ2) is 6.33. The standard InChI is InChI=1S/C17H25NO/c1-13-7-8-14(2)16(10-13)12-18-9-5-4-6-17(18)11-15(3)19/h7-8,10,17H,4-6,9,11-12H2,1-3H3.